The molecule has 0 N–H and O–H groups in total. The van der Waals surface area contributed by atoms with E-state index in [4.69, 9.17) is 9.47 Å². The van der Waals surface area contributed by atoms with Crippen LogP contribution in [0.25, 0.3) is 0 Å². The zero-order valence-electron chi connectivity index (χ0n) is 15.6. The molecule has 0 atom stereocenters. The summed E-state index contributed by atoms with van der Waals surface area (Å²) in [5, 5.41) is 0. The largest absolute Gasteiger partial charge is 0.487 e. The van der Waals surface area contributed by atoms with Gasteiger partial charge in [0, 0.05) is 50.3 Å². The first kappa shape index (κ1) is 18.8. The molecular weight excluding hydrogens is 342 g/mol. The van der Waals surface area contributed by atoms with E-state index in [1.807, 2.05) is 42.7 Å². The van der Waals surface area contributed by atoms with Crippen molar-refractivity contribution in [3.63, 3.8) is 0 Å². The molecule has 0 spiro atoms. The van der Waals surface area contributed by atoms with Crippen LogP contribution in [0.1, 0.15) is 6.92 Å². The van der Waals surface area contributed by atoms with E-state index in [2.05, 4.69) is 20.9 Å². The third kappa shape index (κ3) is 5.23. The Kier molecular flexibility index (Phi) is 6.68. The van der Waals surface area contributed by atoms with E-state index in [1.54, 1.807) is 13.0 Å². The molecular formula is C21H25N3O3. The highest BCUT2D eigenvalue weighted by molar-refractivity contribution is 5.81. The standard InChI is InChI=1S/C21H25N3O3/c1-2-26-21(25)8-5-17-27-20-7-4-3-6-19(20)24-15-13-23(14-16-24)18-9-11-22-12-10-18/h3-12H,2,13-17H2,1H3/b8-5+. The van der Waals surface area contributed by atoms with Gasteiger partial charge in [-0.3, -0.25) is 4.98 Å². The number of ether oxygens (including phenoxy) is 2. The van der Waals surface area contributed by atoms with Crippen molar-refractivity contribution in [1.29, 1.82) is 0 Å². The molecule has 1 fully saturated rings. The highest BCUT2D eigenvalue weighted by Crippen LogP contribution is 2.29. The number of para-hydroxylation sites is 2. The van der Waals surface area contributed by atoms with Crippen molar-refractivity contribution in [3.05, 3.63) is 60.9 Å². The number of pyridine rings is 1. The second kappa shape index (κ2) is 9.62. The smallest absolute Gasteiger partial charge is 0.330 e. The number of benzene rings is 1. The third-order valence-corrected chi connectivity index (χ3v) is 4.39. The maximum Gasteiger partial charge on any atom is 0.330 e. The number of nitrogens with zero attached hydrogens (tertiary/aromatic N) is 3. The molecule has 1 aliphatic heterocycles. The van der Waals surface area contributed by atoms with Crippen LogP contribution in [0.5, 0.6) is 5.75 Å². The molecule has 1 aromatic heterocycles. The topological polar surface area (TPSA) is 54.9 Å². The molecule has 1 aliphatic rings. The van der Waals surface area contributed by atoms with E-state index in [1.165, 1.54) is 11.8 Å². The van der Waals surface area contributed by atoms with Crippen LogP contribution >= 0.6 is 0 Å². The molecule has 0 saturated carbocycles. The van der Waals surface area contributed by atoms with E-state index in [-0.39, 0.29) is 5.97 Å². The number of rotatable bonds is 7. The zero-order valence-corrected chi connectivity index (χ0v) is 15.6. The highest BCUT2D eigenvalue weighted by atomic mass is 16.5. The average molecular weight is 367 g/mol. The van der Waals surface area contributed by atoms with Crippen LogP contribution in [0.3, 0.4) is 0 Å². The first-order valence-corrected chi connectivity index (χ1v) is 9.23. The molecule has 0 bridgehead atoms. The fourth-order valence-corrected chi connectivity index (χ4v) is 3.07. The maximum absolute atomic E-state index is 11.3. The van der Waals surface area contributed by atoms with E-state index in [9.17, 15) is 4.79 Å². The Morgan fingerprint density at radius 2 is 1.78 bits per heavy atom. The van der Waals surface area contributed by atoms with Crippen LogP contribution in [0.4, 0.5) is 11.4 Å². The summed E-state index contributed by atoms with van der Waals surface area (Å²) in [4.78, 5) is 20.1. The van der Waals surface area contributed by atoms with E-state index >= 15 is 0 Å². The molecule has 0 unspecified atom stereocenters. The van der Waals surface area contributed by atoms with Gasteiger partial charge in [-0.05, 0) is 37.3 Å². The van der Waals surface area contributed by atoms with Crippen molar-refractivity contribution in [3.8, 4) is 5.75 Å². The number of hydrogen-bond donors (Lipinski definition) is 0. The Balaban J connectivity index is 1.57. The van der Waals surface area contributed by atoms with Gasteiger partial charge >= 0.3 is 5.97 Å². The SMILES string of the molecule is CCOC(=O)/C=C/COc1ccccc1N1CCN(c2ccncc2)CC1. The summed E-state index contributed by atoms with van der Waals surface area (Å²) in [5.41, 5.74) is 2.29. The fraction of sp³-hybridized carbons (Fsp3) is 0.333. The predicted molar refractivity (Wildman–Crippen MR) is 106 cm³/mol. The first-order valence-electron chi connectivity index (χ1n) is 9.23. The molecule has 0 aliphatic carbocycles. The Labute approximate surface area is 160 Å². The number of hydrogen-bond acceptors (Lipinski definition) is 6. The number of aromatic nitrogens is 1. The van der Waals surface area contributed by atoms with Crippen LogP contribution in [0.15, 0.2) is 60.9 Å². The average Bonchev–Trinajstić information content (AvgIpc) is 2.72. The quantitative estimate of drug-likeness (QED) is 0.554. The Morgan fingerprint density at radius 3 is 2.52 bits per heavy atom. The summed E-state index contributed by atoms with van der Waals surface area (Å²) in [6.45, 7) is 6.21. The predicted octanol–water partition coefficient (Wildman–Crippen LogP) is 2.91. The van der Waals surface area contributed by atoms with Crippen LogP contribution in [0.2, 0.25) is 0 Å². The first-order chi connectivity index (χ1) is 13.3. The van der Waals surface area contributed by atoms with Crippen molar-refractivity contribution in [1.82, 2.24) is 4.98 Å². The summed E-state index contributed by atoms with van der Waals surface area (Å²) in [5.74, 6) is 0.477. The lowest BCUT2D eigenvalue weighted by atomic mass is 10.2. The number of piperazine rings is 1. The van der Waals surface area contributed by atoms with Gasteiger partial charge in [-0.2, -0.15) is 0 Å². The number of anilines is 2. The molecule has 142 valence electrons. The second-order valence-corrected chi connectivity index (χ2v) is 6.11. The fourth-order valence-electron chi connectivity index (χ4n) is 3.07. The minimum absolute atomic E-state index is 0.326. The van der Waals surface area contributed by atoms with Crippen molar-refractivity contribution in [2.45, 2.75) is 6.92 Å². The number of carbonyl (C=O) groups is 1. The van der Waals surface area contributed by atoms with Crippen molar-refractivity contribution in [2.75, 3.05) is 49.2 Å². The molecule has 2 heterocycles. The maximum atomic E-state index is 11.3. The van der Waals surface area contributed by atoms with Gasteiger partial charge in [-0.25, -0.2) is 4.79 Å². The normalized spacial score (nSPS) is 14.4. The molecule has 0 amide bonds. The minimum atomic E-state index is -0.346. The number of esters is 1. The molecule has 2 aromatic rings. The van der Waals surface area contributed by atoms with Gasteiger partial charge in [-0.15, -0.1) is 0 Å². The van der Waals surface area contributed by atoms with Gasteiger partial charge in [0.1, 0.15) is 12.4 Å². The lowest BCUT2D eigenvalue weighted by Crippen LogP contribution is -2.46. The van der Waals surface area contributed by atoms with Gasteiger partial charge in [0.05, 0.1) is 12.3 Å². The molecule has 0 radical (unpaired) electrons. The van der Waals surface area contributed by atoms with E-state index < -0.39 is 0 Å². The van der Waals surface area contributed by atoms with E-state index in [0.29, 0.717) is 13.2 Å². The van der Waals surface area contributed by atoms with Crippen LogP contribution in [-0.2, 0) is 9.53 Å². The van der Waals surface area contributed by atoms with Crippen molar-refractivity contribution >= 4 is 17.3 Å². The molecule has 1 saturated heterocycles. The Morgan fingerprint density at radius 1 is 1.07 bits per heavy atom. The van der Waals surface area contributed by atoms with Gasteiger partial charge in [0.25, 0.3) is 0 Å². The Bertz CT molecular complexity index is 756. The lowest BCUT2D eigenvalue weighted by molar-refractivity contribution is -0.137. The van der Waals surface area contributed by atoms with Gasteiger partial charge < -0.3 is 19.3 Å². The highest BCUT2D eigenvalue weighted by Gasteiger charge is 2.19. The number of carbonyl (C=O) groups excluding carboxylic acids is 1. The van der Waals surface area contributed by atoms with Crippen LogP contribution in [0, 0.1) is 0 Å². The zero-order chi connectivity index (χ0) is 18.9. The van der Waals surface area contributed by atoms with Crippen molar-refractivity contribution in [2.24, 2.45) is 0 Å². The van der Waals surface area contributed by atoms with Gasteiger partial charge in [0.2, 0.25) is 0 Å². The monoisotopic (exact) mass is 367 g/mol. The molecule has 27 heavy (non-hydrogen) atoms. The van der Waals surface area contributed by atoms with Crippen LogP contribution in [-0.4, -0.2) is 50.3 Å². The molecule has 3 rings (SSSR count). The van der Waals surface area contributed by atoms with Crippen molar-refractivity contribution < 1.29 is 14.3 Å². The van der Waals surface area contributed by atoms with Crippen LogP contribution < -0.4 is 14.5 Å². The summed E-state index contributed by atoms with van der Waals surface area (Å²) in [7, 11) is 0. The molecule has 6 heteroatoms. The minimum Gasteiger partial charge on any atom is -0.487 e. The summed E-state index contributed by atoms with van der Waals surface area (Å²) in [6.07, 6.45) is 6.74. The summed E-state index contributed by atoms with van der Waals surface area (Å²) in [6, 6.07) is 12.1. The third-order valence-electron chi connectivity index (χ3n) is 4.39. The van der Waals surface area contributed by atoms with Gasteiger partial charge in [-0.1, -0.05) is 12.1 Å². The van der Waals surface area contributed by atoms with E-state index in [0.717, 1.165) is 37.6 Å². The second-order valence-electron chi connectivity index (χ2n) is 6.11. The lowest BCUT2D eigenvalue weighted by Gasteiger charge is -2.37. The Hall–Kier alpha value is -3.02. The summed E-state index contributed by atoms with van der Waals surface area (Å²) < 4.78 is 10.7. The molecule has 1 aromatic carbocycles. The summed E-state index contributed by atoms with van der Waals surface area (Å²) >= 11 is 0. The van der Waals surface area contributed by atoms with Gasteiger partial charge in [0.15, 0.2) is 0 Å². The molecule has 6 nitrogen and oxygen atoms in total.